The Hall–Kier alpha value is -3.81. The number of benzene rings is 2. The maximum atomic E-state index is 14.7. The van der Waals surface area contributed by atoms with Crippen molar-refractivity contribution < 1.29 is 27.9 Å². The van der Waals surface area contributed by atoms with Crippen LogP contribution in [0.3, 0.4) is 0 Å². The Balaban J connectivity index is 1.57. The number of carbonyl (C=O) groups excluding carboxylic acids is 2. The molecule has 7 nitrogen and oxygen atoms in total. The smallest absolute Gasteiger partial charge is 0.254 e. The van der Waals surface area contributed by atoms with Crippen molar-refractivity contribution in [2.24, 2.45) is 5.73 Å². The summed E-state index contributed by atoms with van der Waals surface area (Å²) in [5.41, 5.74) is 7.82. The molecule has 2 heterocycles. The summed E-state index contributed by atoms with van der Waals surface area (Å²) in [4.78, 5) is 24.2. The van der Waals surface area contributed by atoms with Crippen molar-refractivity contribution in [2.45, 2.75) is 19.4 Å². The fourth-order valence-corrected chi connectivity index (χ4v) is 3.72. The third-order valence-electron chi connectivity index (χ3n) is 5.15. The lowest BCUT2D eigenvalue weighted by atomic mass is 9.96. The van der Waals surface area contributed by atoms with Crippen LogP contribution in [-0.4, -0.2) is 25.5 Å². The summed E-state index contributed by atoms with van der Waals surface area (Å²) in [6, 6.07) is 9.45. The number of rotatable bonds is 7. The first kappa shape index (κ1) is 20.5. The molecule has 4 rings (SSSR count). The number of primary amides is 1. The predicted molar refractivity (Wildman–Crippen MR) is 110 cm³/mol. The number of nitrogens with one attached hydrogen (secondary N) is 1. The van der Waals surface area contributed by atoms with Crippen LogP contribution >= 0.6 is 0 Å². The van der Waals surface area contributed by atoms with Crippen LogP contribution in [0, 0.1) is 5.82 Å². The van der Waals surface area contributed by atoms with Crippen LogP contribution in [0.1, 0.15) is 43.2 Å². The first-order chi connectivity index (χ1) is 15.0. The zero-order valence-corrected chi connectivity index (χ0v) is 16.9. The number of halogens is 1. The minimum absolute atomic E-state index is 0.0654. The molecule has 0 saturated carbocycles. The highest BCUT2D eigenvalue weighted by atomic mass is 19.1. The van der Waals surface area contributed by atoms with Gasteiger partial charge in [-0.3, -0.25) is 9.59 Å². The van der Waals surface area contributed by atoms with Gasteiger partial charge in [0.2, 0.25) is 0 Å². The molecule has 1 aliphatic heterocycles. The van der Waals surface area contributed by atoms with E-state index >= 15 is 0 Å². The Labute approximate surface area is 177 Å². The second kappa shape index (κ2) is 8.51. The fraction of sp³-hybridized carbons (Fsp3) is 0.217. The van der Waals surface area contributed by atoms with Crippen LogP contribution in [0.4, 0.5) is 4.39 Å². The molecular weight excluding hydrogens is 403 g/mol. The summed E-state index contributed by atoms with van der Waals surface area (Å²) in [5.74, 6) is -0.173. The van der Waals surface area contributed by atoms with Gasteiger partial charge in [0.25, 0.3) is 11.8 Å². The van der Waals surface area contributed by atoms with Gasteiger partial charge in [0.05, 0.1) is 37.7 Å². The van der Waals surface area contributed by atoms with Crippen LogP contribution < -0.4 is 20.5 Å². The highest BCUT2D eigenvalue weighted by Crippen LogP contribution is 2.40. The minimum Gasteiger partial charge on any atom is -0.495 e. The Bertz CT molecular complexity index is 1140. The number of hydrogen-bond donors (Lipinski definition) is 2. The van der Waals surface area contributed by atoms with E-state index in [1.165, 1.54) is 25.5 Å². The van der Waals surface area contributed by atoms with Crippen LogP contribution in [0.15, 0.2) is 47.1 Å². The predicted octanol–water partition coefficient (Wildman–Crippen LogP) is 2.98. The van der Waals surface area contributed by atoms with Crippen LogP contribution in [0.2, 0.25) is 0 Å². The van der Waals surface area contributed by atoms with E-state index in [9.17, 15) is 14.0 Å². The van der Waals surface area contributed by atoms with Crippen LogP contribution in [-0.2, 0) is 19.4 Å². The number of fused-ring (bicyclic) bond motifs is 1. The normalized spacial score (nSPS) is 12.2. The molecule has 0 bridgehead atoms. The molecule has 0 saturated heterocycles. The van der Waals surface area contributed by atoms with Gasteiger partial charge in [-0.25, -0.2) is 4.39 Å². The number of hydrogen-bond acceptors (Lipinski definition) is 5. The van der Waals surface area contributed by atoms with E-state index in [4.69, 9.17) is 19.6 Å². The second-order valence-electron chi connectivity index (χ2n) is 7.14. The van der Waals surface area contributed by atoms with Crippen LogP contribution in [0.25, 0.3) is 0 Å². The monoisotopic (exact) mass is 424 g/mol. The second-order valence-corrected chi connectivity index (χ2v) is 7.14. The molecule has 8 heteroatoms. The van der Waals surface area contributed by atoms with E-state index in [1.54, 1.807) is 24.3 Å². The summed E-state index contributed by atoms with van der Waals surface area (Å²) in [6.07, 6.45) is 2.40. The lowest BCUT2D eigenvalue weighted by molar-refractivity contribution is 0.0942. The van der Waals surface area contributed by atoms with Gasteiger partial charge in [0.15, 0.2) is 0 Å². The molecule has 0 atom stereocenters. The van der Waals surface area contributed by atoms with Crippen molar-refractivity contribution >= 4 is 11.8 Å². The maximum absolute atomic E-state index is 14.7. The summed E-state index contributed by atoms with van der Waals surface area (Å²) in [7, 11) is 1.48. The molecule has 31 heavy (non-hydrogen) atoms. The quantitative estimate of drug-likeness (QED) is 0.607. The van der Waals surface area contributed by atoms with Gasteiger partial charge in [-0.15, -0.1) is 0 Å². The van der Waals surface area contributed by atoms with Crippen molar-refractivity contribution in [2.75, 3.05) is 13.7 Å². The highest BCUT2D eigenvalue weighted by molar-refractivity contribution is 5.97. The van der Waals surface area contributed by atoms with Crippen molar-refractivity contribution in [3.05, 3.63) is 82.1 Å². The van der Waals surface area contributed by atoms with Gasteiger partial charge >= 0.3 is 0 Å². The summed E-state index contributed by atoms with van der Waals surface area (Å²) in [5, 5.41) is 2.62. The molecule has 2 amide bonds. The summed E-state index contributed by atoms with van der Waals surface area (Å²) >= 11 is 0. The Morgan fingerprint density at radius 2 is 2.06 bits per heavy atom. The van der Waals surface area contributed by atoms with E-state index in [2.05, 4.69) is 5.32 Å². The third kappa shape index (κ3) is 4.09. The van der Waals surface area contributed by atoms with Crippen molar-refractivity contribution in [1.82, 2.24) is 5.32 Å². The van der Waals surface area contributed by atoms with Crippen molar-refractivity contribution in [1.29, 1.82) is 0 Å². The number of ether oxygens (including phenoxy) is 2. The summed E-state index contributed by atoms with van der Waals surface area (Å²) in [6.45, 7) is 0.627. The van der Waals surface area contributed by atoms with Gasteiger partial charge in [-0.2, -0.15) is 0 Å². The molecule has 3 aromatic rings. The Morgan fingerprint density at radius 1 is 1.23 bits per heavy atom. The standard InChI is InChI=1S/C23H21FN2O5/c1-29-21-17-6-8-31-20(17)14(11-18(21)22(25)27)9-13-4-5-16(19(24)10-13)23(28)26-12-15-3-2-7-30-15/h2-5,7,10-11H,6,8-9,12H2,1H3,(H2,25,27)(H,26,28). The van der Waals surface area contributed by atoms with E-state index in [0.29, 0.717) is 47.8 Å². The van der Waals surface area contributed by atoms with E-state index < -0.39 is 17.6 Å². The zero-order valence-electron chi connectivity index (χ0n) is 16.9. The topological polar surface area (TPSA) is 104 Å². The average Bonchev–Trinajstić information content (AvgIpc) is 3.44. The number of amides is 2. The van der Waals surface area contributed by atoms with Gasteiger partial charge in [-0.1, -0.05) is 6.07 Å². The van der Waals surface area contributed by atoms with E-state index in [0.717, 1.165) is 5.56 Å². The first-order valence-corrected chi connectivity index (χ1v) is 9.72. The zero-order chi connectivity index (χ0) is 22.0. The van der Waals surface area contributed by atoms with Crippen LogP contribution in [0.5, 0.6) is 11.5 Å². The van der Waals surface area contributed by atoms with Gasteiger partial charge < -0.3 is 24.9 Å². The maximum Gasteiger partial charge on any atom is 0.254 e. The molecule has 1 aromatic heterocycles. The van der Waals surface area contributed by atoms with E-state index in [1.807, 2.05) is 0 Å². The minimum atomic E-state index is -0.643. The van der Waals surface area contributed by atoms with Crippen molar-refractivity contribution in [3.63, 3.8) is 0 Å². The largest absolute Gasteiger partial charge is 0.495 e. The SMILES string of the molecule is COc1c(C(N)=O)cc(Cc2ccc(C(=O)NCc3ccco3)c(F)c2)c2c1CCO2. The molecule has 3 N–H and O–H groups in total. The van der Waals surface area contributed by atoms with Gasteiger partial charge in [0, 0.05) is 18.4 Å². The number of carbonyl (C=O) groups is 2. The van der Waals surface area contributed by atoms with Gasteiger partial charge in [0.1, 0.15) is 23.1 Å². The van der Waals surface area contributed by atoms with E-state index in [-0.39, 0.29) is 17.7 Å². The molecule has 0 aliphatic carbocycles. The lowest BCUT2D eigenvalue weighted by Gasteiger charge is -2.15. The number of methoxy groups -OCH3 is 1. The molecular formula is C23H21FN2O5. The average molecular weight is 424 g/mol. The Morgan fingerprint density at radius 3 is 2.74 bits per heavy atom. The molecule has 2 aromatic carbocycles. The van der Waals surface area contributed by atoms with Crippen molar-refractivity contribution in [3.8, 4) is 11.5 Å². The molecule has 0 fully saturated rings. The first-order valence-electron chi connectivity index (χ1n) is 9.72. The summed E-state index contributed by atoms with van der Waals surface area (Å²) < 4.78 is 30.9. The lowest BCUT2D eigenvalue weighted by Crippen LogP contribution is -2.23. The van der Waals surface area contributed by atoms with Gasteiger partial charge in [-0.05, 0) is 41.5 Å². The molecule has 160 valence electrons. The molecule has 0 spiro atoms. The Kier molecular flexibility index (Phi) is 5.62. The number of nitrogens with two attached hydrogens (primary N) is 1. The fourth-order valence-electron chi connectivity index (χ4n) is 3.72. The molecule has 0 unspecified atom stereocenters. The molecule has 1 aliphatic rings. The third-order valence-corrected chi connectivity index (χ3v) is 5.15. The molecule has 0 radical (unpaired) electrons. The number of furan rings is 1. The highest BCUT2D eigenvalue weighted by Gasteiger charge is 2.26.